The zero-order valence-corrected chi connectivity index (χ0v) is 25.3. The Morgan fingerprint density at radius 3 is 2.19 bits per heavy atom. The highest BCUT2D eigenvalue weighted by Crippen LogP contribution is 2.29. The predicted molar refractivity (Wildman–Crippen MR) is 170 cm³/mol. The summed E-state index contributed by atoms with van der Waals surface area (Å²) in [6.07, 6.45) is 3.14. The molecule has 0 unspecified atom stereocenters. The Balaban J connectivity index is 1.76. The van der Waals surface area contributed by atoms with E-state index in [1.807, 2.05) is 98.8 Å². The van der Waals surface area contributed by atoms with Gasteiger partial charge in [0.15, 0.2) is 0 Å². The van der Waals surface area contributed by atoms with Gasteiger partial charge in [0.1, 0.15) is 12.6 Å². The summed E-state index contributed by atoms with van der Waals surface area (Å²) < 4.78 is 27.5. The van der Waals surface area contributed by atoms with Gasteiger partial charge in [0.25, 0.3) is 0 Å². The van der Waals surface area contributed by atoms with Crippen molar-refractivity contribution >= 4 is 38.3 Å². The van der Waals surface area contributed by atoms with Crippen LogP contribution in [0.3, 0.4) is 0 Å². The van der Waals surface area contributed by atoms with Gasteiger partial charge in [-0.2, -0.15) is 0 Å². The Morgan fingerprint density at radius 1 is 0.833 bits per heavy atom. The van der Waals surface area contributed by atoms with Gasteiger partial charge in [0, 0.05) is 24.9 Å². The molecule has 8 heteroatoms. The largest absolute Gasteiger partial charge is 0.354 e. The quantitative estimate of drug-likeness (QED) is 0.211. The van der Waals surface area contributed by atoms with Gasteiger partial charge in [-0.1, -0.05) is 110 Å². The summed E-state index contributed by atoms with van der Waals surface area (Å²) in [5.41, 5.74) is 3.26. The van der Waals surface area contributed by atoms with E-state index in [0.717, 1.165) is 50.9 Å². The van der Waals surface area contributed by atoms with Gasteiger partial charge in [0.2, 0.25) is 21.8 Å². The number of amides is 2. The molecule has 0 aliphatic rings. The van der Waals surface area contributed by atoms with Gasteiger partial charge in [-0.25, -0.2) is 8.42 Å². The third-order valence-corrected chi connectivity index (χ3v) is 8.42. The zero-order valence-electron chi connectivity index (χ0n) is 24.5. The van der Waals surface area contributed by atoms with Crippen molar-refractivity contribution in [3.05, 3.63) is 114 Å². The van der Waals surface area contributed by atoms with Gasteiger partial charge < -0.3 is 10.2 Å². The van der Waals surface area contributed by atoms with Crippen LogP contribution in [0.25, 0.3) is 10.8 Å². The van der Waals surface area contributed by atoms with Crippen LogP contribution < -0.4 is 9.62 Å². The molecule has 1 N–H and O–H groups in total. The molecule has 4 rings (SSSR count). The molecular weight excluding hydrogens is 546 g/mol. The highest BCUT2D eigenvalue weighted by molar-refractivity contribution is 7.92. The number of nitrogens with zero attached hydrogens (tertiary/aromatic N) is 2. The fraction of sp³-hybridized carbons (Fsp3) is 0.294. The molecule has 0 aromatic heterocycles. The molecule has 0 aliphatic heterocycles. The number of unbranched alkanes of at least 4 members (excludes halogenated alkanes) is 1. The van der Waals surface area contributed by atoms with Crippen LogP contribution in [0.2, 0.25) is 0 Å². The summed E-state index contributed by atoms with van der Waals surface area (Å²) in [6.45, 7) is 4.25. The first-order valence-electron chi connectivity index (χ1n) is 14.3. The number of aryl methyl sites for hydroxylation is 1. The minimum atomic E-state index is -3.85. The first-order valence-corrected chi connectivity index (χ1v) is 16.1. The number of carbonyl (C=O) groups excluding carboxylic acids is 2. The molecule has 0 bridgehead atoms. The van der Waals surface area contributed by atoms with Crippen LogP contribution in [-0.4, -0.2) is 50.5 Å². The first kappa shape index (κ1) is 30.8. The predicted octanol–water partition coefficient (Wildman–Crippen LogP) is 5.47. The molecule has 0 heterocycles. The number of anilines is 1. The molecule has 220 valence electrons. The van der Waals surface area contributed by atoms with Crippen LogP contribution >= 0.6 is 0 Å². The smallest absolute Gasteiger partial charge is 0.244 e. The highest BCUT2D eigenvalue weighted by atomic mass is 32.2. The average Bonchev–Trinajstić information content (AvgIpc) is 2.98. The second kappa shape index (κ2) is 14.1. The maximum Gasteiger partial charge on any atom is 0.244 e. The third-order valence-electron chi connectivity index (χ3n) is 7.29. The van der Waals surface area contributed by atoms with Crippen LogP contribution in [0.4, 0.5) is 5.69 Å². The number of fused-ring (bicyclic) bond motifs is 1. The molecule has 0 aliphatic carbocycles. The summed E-state index contributed by atoms with van der Waals surface area (Å²) in [4.78, 5) is 29.5. The van der Waals surface area contributed by atoms with Crippen molar-refractivity contribution in [1.29, 1.82) is 0 Å². The summed E-state index contributed by atoms with van der Waals surface area (Å²) in [5.74, 6) is -0.718. The maximum atomic E-state index is 14.3. The van der Waals surface area contributed by atoms with Crippen molar-refractivity contribution in [1.82, 2.24) is 10.2 Å². The van der Waals surface area contributed by atoms with E-state index in [9.17, 15) is 18.0 Å². The van der Waals surface area contributed by atoms with Crippen molar-refractivity contribution in [3.63, 3.8) is 0 Å². The summed E-state index contributed by atoms with van der Waals surface area (Å²) in [7, 11) is -3.85. The summed E-state index contributed by atoms with van der Waals surface area (Å²) in [5, 5.41) is 4.60. The van der Waals surface area contributed by atoms with Gasteiger partial charge >= 0.3 is 0 Å². The SMILES string of the molecule is CCCCNC(=O)[C@@H](Cc1ccccc1)N(Cc1ccc(C)cc1)C(=O)CN(c1cccc2ccccc12)S(C)(=O)=O. The van der Waals surface area contributed by atoms with E-state index >= 15 is 0 Å². The zero-order chi connectivity index (χ0) is 30.1. The van der Waals surface area contributed by atoms with Crippen molar-refractivity contribution in [2.24, 2.45) is 0 Å². The average molecular weight is 586 g/mol. The lowest BCUT2D eigenvalue weighted by molar-refractivity contribution is -0.140. The molecule has 0 fully saturated rings. The van der Waals surface area contributed by atoms with Crippen LogP contribution in [0.1, 0.15) is 36.5 Å². The van der Waals surface area contributed by atoms with Crippen molar-refractivity contribution < 1.29 is 18.0 Å². The number of sulfonamides is 1. The molecule has 1 atom stereocenters. The normalized spacial score (nSPS) is 12.1. The van der Waals surface area contributed by atoms with Gasteiger partial charge in [0.05, 0.1) is 11.9 Å². The fourth-order valence-corrected chi connectivity index (χ4v) is 5.83. The topological polar surface area (TPSA) is 86.8 Å². The molecule has 4 aromatic rings. The van der Waals surface area contributed by atoms with E-state index in [-0.39, 0.29) is 12.5 Å². The van der Waals surface area contributed by atoms with Crippen molar-refractivity contribution in [2.75, 3.05) is 23.7 Å². The minimum absolute atomic E-state index is 0.158. The molecule has 4 aromatic carbocycles. The number of rotatable bonds is 13. The van der Waals surface area contributed by atoms with Crippen LogP contribution in [-0.2, 0) is 32.6 Å². The molecule has 2 amide bonds. The van der Waals surface area contributed by atoms with Gasteiger partial charge in [-0.15, -0.1) is 0 Å². The Bertz CT molecular complexity index is 1600. The highest BCUT2D eigenvalue weighted by Gasteiger charge is 2.33. The lowest BCUT2D eigenvalue weighted by atomic mass is 10.0. The van der Waals surface area contributed by atoms with E-state index < -0.39 is 28.5 Å². The molecule has 0 saturated heterocycles. The van der Waals surface area contributed by atoms with E-state index in [0.29, 0.717) is 18.7 Å². The number of benzene rings is 4. The molecule has 0 spiro atoms. The molecule has 7 nitrogen and oxygen atoms in total. The Morgan fingerprint density at radius 2 is 1.50 bits per heavy atom. The number of carbonyl (C=O) groups is 2. The lowest BCUT2D eigenvalue weighted by Gasteiger charge is -2.33. The minimum Gasteiger partial charge on any atom is -0.354 e. The molecule has 0 saturated carbocycles. The van der Waals surface area contributed by atoms with Crippen LogP contribution in [0, 0.1) is 6.92 Å². The second-order valence-corrected chi connectivity index (χ2v) is 12.5. The van der Waals surface area contributed by atoms with E-state index in [2.05, 4.69) is 5.32 Å². The van der Waals surface area contributed by atoms with Gasteiger partial charge in [-0.3, -0.25) is 13.9 Å². The standard InChI is InChI=1S/C34H39N3O4S/c1-4-5-22-35-34(39)32(23-27-12-7-6-8-13-27)36(24-28-20-18-26(2)19-21-28)33(38)25-37(42(3,40)41)31-17-11-15-29-14-9-10-16-30(29)31/h6-21,32H,4-5,22-25H2,1-3H3,(H,35,39)/t32-/m1/s1. The number of hydrogen-bond acceptors (Lipinski definition) is 4. The second-order valence-electron chi connectivity index (χ2n) is 10.6. The molecule has 0 radical (unpaired) electrons. The fourth-order valence-electron chi connectivity index (χ4n) is 4.97. The first-order chi connectivity index (χ1) is 20.2. The molecule has 42 heavy (non-hydrogen) atoms. The van der Waals surface area contributed by atoms with Crippen LogP contribution in [0.5, 0.6) is 0 Å². The van der Waals surface area contributed by atoms with E-state index in [4.69, 9.17) is 0 Å². The van der Waals surface area contributed by atoms with E-state index in [1.165, 1.54) is 4.90 Å². The lowest BCUT2D eigenvalue weighted by Crippen LogP contribution is -2.53. The Labute approximate surface area is 249 Å². The van der Waals surface area contributed by atoms with Crippen molar-refractivity contribution in [3.8, 4) is 0 Å². The number of hydrogen-bond donors (Lipinski definition) is 1. The maximum absolute atomic E-state index is 14.3. The summed E-state index contributed by atoms with van der Waals surface area (Å²) >= 11 is 0. The third kappa shape index (κ3) is 7.97. The molecular formula is C34H39N3O4S. The Kier molecular flexibility index (Phi) is 10.4. The monoisotopic (exact) mass is 585 g/mol. The van der Waals surface area contributed by atoms with Crippen molar-refractivity contribution in [2.45, 2.75) is 45.7 Å². The number of nitrogens with one attached hydrogen (secondary N) is 1. The Hall–Kier alpha value is -4.17. The van der Waals surface area contributed by atoms with Crippen LogP contribution in [0.15, 0.2) is 97.1 Å². The van der Waals surface area contributed by atoms with E-state index in [1.54, 1.807) is 12.1 Å². The van der Waals surface area contributed by atoms with Gasteiger partial charge in [-0.05, 0) is 35.9 Å². The summed E-state index contributed by atoms with van der Waals surface area (Å²) in [6, 6.07) is 29.4.